The molecule has 1 aliphatic heterocycles. The van der Waals surface area contributed by atoms with E-state index in [1.54, 1.807) is 23.1 Å². The average Bonchev–Trinajstić information content (AvgIpc) is 2.92. The summed E-state index contributed by atoms with van der Waals surface area (Å²) in [4.78, 5) is 18.8. The molecule has 3 aromatic rings. The highest BCUT2D eigenvalue weighted by Crippen LogP contribution is 2.28. The first kappa shape index (κ1) is 17.5. The van der Waals surface area contributed by atoms with Gasteiger partial charge in [-0.2, -0.15) is 0 Å². The molecule has 8 heteroatoms. The van der Waals surface area contributed by atoms with E-state index in [1.807, 2.05) is 19.1 Å². The summed E-state index contributed by atoms with van der Waals surface area (Å²) in [5.41, 5.74) is 1.43. The summed E-state index contributed by atoms with van der Waals surface area (Å²) in [5.74, 6) is -0.152. The van der Waals surface area contributed by atoms with Gasteiger partial charge in [-0.05, 0) is 49.4 Å². The van der Waals surface area contributed by atoms with Gasteiger partial charge in [-0.3, -0.25) is 4.79 Å². The van der Waals surface area contributed by atoms with Crippen molar-refractivity contribution in [2.45, 2.75) is 17.1 Å². The topological polar surface area (TPSA) is 67.3 Å². The molecule has 0 unspecified atom stereocenters. The van der Waals surface area contributed by atoms with Crippen LogP contribution in [0.25, 0.3) is 10.2 Å². The van der Waals surface area contributed by atoms with Crippen LogP contribution < -0.4 is 0 Å². The van der Waals surface area contributed by atoms with E-state index in [0.717, 1.165) is 15.2 Å². The first-order valence-corrected chi connectivity index (χ1v) is 10.7. The quantitative estimate of drug-likeness (QED) is 0.667. The van der Waals surface area contributed by atoms with Crippen molar-refractivity contribution in [3.8, 4) is 0 Å². The summed E-state index contributed by atoms with van der Waals surface area (Å²) in [7, 11) is -3.46. The Morgan fingerprint density at radius 2 is 1.88 bits per heavy atom. The molecule has 0 saturated carbocycles. The van der Waals surface area contributed by atoms with Gasteiger partial charge in [0.05, 0.1) is 20.1 Å². The lowest BCUT2D eigenvalue weighted by Gasteiger charge is -2.38. The van der Waals surface area contributed by atoms with Crippen LogP contribution in [0.2, 0.25) is 5.02 Å². The zero-order valence-corrected chi connectivity index (χ0v) is 16.2. The van der Waals surface area contributed by atoms with Crippen molar-refractivity contribution in [3.63, 3.8) is 0 Å². The van der Waals surface area contributed by atoms with Crippen molar-refractivity contribution in [2.24, 2.45) is 0 Å². The Morgan fingerprint density at radius 1 is 1.19 bits per heavy atom. The molecule has 1 saturated heterocycles. The predicted octanol–water partition coefficient (Wildman–Crippen LogP) is 3.56. The molecule has 0 N–H and O–H groups in total. The van der Waals surface area contributed by atoms with E-state index in [9.17, 15) is 13.2 Å². The molecule has 0 atom stereocenters. The monoisotopic (exact) mass is 406 g/mol. The Labute approximate surface area is 160 Å². The largest absolute Gasteiger partial charge is 0.336 e. The predicted molar refractivity (Wildman–Crippen MR) is 103 cm³/mol. The summed E-state index contributed by atoms with van der Waals surface area (Å²) >= 11 is 7.35. The second kappa shape index (κ2) is 6.33. The molecule has 5 nitrogen and oxygen atoms in total. The van der Waals surface area contributed by atoms with Crippen molar-refractivity contribution in [1.82, 2.24) is 9.88 Å². The number of halogens is 1. The molecule has 1 amide bonds. The van der Waals surface area contributed by atoms with Crippen molar-refractivity contribution in [2.75, 3.05) is 13.1 Å². The molecule has 134 valence electrons. The summed E-state index contributed by atoms with van der Waals surface area (Å²) in [5, 5.41) is 0.854. The molecule has 1 aliphatic rings. The fraction of sp³-hybridized carbons (Fsp3) is 0.222. The van der Waals surface area contributed by atoms with E-state index in [1.165, 1.54) is 23.5 Å². The Morgan fingerprint density at radius 3 is 2.58 bits per heavy atom. The maximum atomic E-state index is 12.6. The van der Waals surface area contributed by atoms with Crippen LogP contribution in [0, 0.1) is 6.92 Å². The smallest absolute Gasteiger partial charge is 0.253 e. The highest BCUT2D eigenvalue weighted by Gasteiger charge is 2.40. The highest BCUT2D eigenvalue weighted by atomic mass is 35.5. The second-order valence-electron chi connectivity index (χ2n) is 6.25. The summed E-state index contributed by atoms with van der Waals surface area (Å²) in [6, 6.07) is 11.5. The van der Waals surface area contributed by atoms with Gasteiger partial charge in [-0.25, -0.2) is 13.4 Å². The Hall–Kier alpha value is -1.96. The second-order valence-corrected chi connectivity index (χ2v) is 10.1. The number of rotatable bonds is 3. The molecule has 0 radical (unpaired) electrons. The van der Waals surface area contributed by atoms with Crippen LogP contribution in [0.1, 0.15) is 15.4 Å². The normalized spacial score (nSPS) is 15.2. The van der Waals surface area contributed by atoms with E-state index in [0.29, 0.717) is 10.6 Å². The van der Waals surface area contributed by atoms with Crippen LogP contribution in [0.5, 0.6) is 0 Å². The molecule has 26 heavy (non-hydrogen) atoms. The molecule has 0 bridgehead atoms. The molecule has 4 rings (SSSR count). The third kappa shape index (κ3) is 3.00. The van der Waals surface area contributed by atoms with E-state index in [-0.39, 0.29) is 23.9 Å². The van der Waals surface area contributed by atoms with Crippen molar-refractivity contribution in [1.29, 1.82) is 0 Å². The van der Waals surface area contributed by atoms with Gasteiger partial charge in [0.15, 0.2) is 9.84 Å². The van der Waals surface area contributed by atoms with Crippen LogP contribution in [0.15, 0.2) is 47.4 Å². The van der Waals surface area contributed by atoms with Crippen LogP contribution >= 0.6 is 22.9 Å². The number of fused-ring (bicyclic) bond motifs is 1. The van der Waals surface area contributed by atoms with Crippen molar-refractivity contribution >= 4 is 48.9 Å². The maximum absolute atomic E-state index is 12.6. The zero-order valence-electron chi connectivity index (χ0n) is 13.8. The van der Waals surface area contributed by atoms with Gasteiger partial charge in [-0.15, -0.1) is 11.3 Å². The number of sulfone groups is 1. The van der Waals surface area contributed by atoms with Gasteiger partial charge < -0.3 is 4.90 Å². The number of aryl methyl sites for hydroxylation is 1. The van der Waals surface area contributed by atoms with Gasteiger partial charge in [0.1, 0.15) is 5.25 Å². The zero-order chi connectivity index (χ0) is 18.5. The fourth-order valence-electron chi connectivity index (χ4n) is 2.97. The number of benzene rings is 2. The lowest BCUT2D eigenvalue weighted by atomic mass is 10.1. The van der Waals surface area contributed by atoms with Gasteiger partial charge in [0.2, 0.25) is 0 Å². The minimum Gasteiger partial charge on any atom is -0.336 e. The van der Waals surface area contributed by atoms with Crippen molar-refractivity contribution in [3.05, 3.63) is 58.1 Å². The Balaban J connectivity index is 1.49. The molecule has 2 aromatic carbocycles. The lowest BCUT2D eigenvalue weighted by molar-refractivity contribution is 0.0659. The SMILES string of the molecule is Cc1nc2ccc(C(=O)N3CC(S(=O)(=O)c4ccc(Cl)cc4)C3)cc2s1. The first-order chi connectivity index (χ1) is 12.3. The summed E-state index contributed by atoms with van der Waals surface area (Å²) in [6.07, 6.45) is 0. The Bertz CT molecular complexity index is 1100. The first-order valence-electron chi connectivity index (χ1n) is 8.00. The number of aromatic nitrogens is 1. The number of hydrogen-bond acceptors (Lipinski definition) is 5. The molecular weight excluding hydrogens is 392 g/mol. The van der Waals surface area contributed by atoms with Crippen LogP contribution in [-0.2, 0) is 9.84 Å². The Kier molecular flexibility index (Phi) is 4.25. The molecule has 2 heterocycles. The van der Waals surface area contributed by atoms with E-state index >= 15 is 0 Å². The number of likely N-dealkylation sites (tertiary alicyclic amines) is 1. The number of amides is 1. The van der Waals surface area contributed by atoms with Crippen LogP contribution in [0.4, 0.5) is 0 Å². The molecule has 0 aliphatic carbocycles. The molecule has 1 aromatic heterocycles. The number of thiazole rings is 1. The summed E-state index contributed by atoms with van der Waals surface area (Å²) in [6.45, 7) is 2.32. The van der Waals surface area contributed by atoms with Crippen LogP contribution in [-0.4, -0.2) is 42.5 Å². The molecule has 1 fully saturated rings. The van der Waals surface area contributed by atoms with Crippen molar-refractivity contribution < 1.29 is 13.2 Å². The van der Waals surface area contributed by atoms with E-state index in [2.05, 4.69) is 4.98 Å². The van der Waals surface area contributed by atoms with Gasteiger partial charge in [0, 0.05) is 23.7 Å². The lowest BCUT2D eigenvalue weighted by Crippen LogP contribution is -2.56. The molecular formula is C18H15ClN2O3S2. The number of carbonyl (C=O) groups excluding carboxylic acids is 1. The van der Waals surface area contributed by atoms with E-state index in [4.69, 9.17) is 11.6 Å². The van der Waals surface area contributed by atoms with E-state index < -0.39 is 15.1 Å². The summed E-state index contributed by atoms with van der Waals surface area (Å²) < 4.78 is 26.2. The van der Waals surface area contributed by atoms with Gasteiger partial charge in [0.25, 0.3) is 5.91 Å². The fourth-order valence-corrected chi connectivity index (χ4v) is 5.62. The third-order valence-electron chi connectivity index (χ3n) is 4.46. The minimum atomic E-state index is -3.46. The van der Waals surface area contributed by atoms with Gasteiger partial charge in [-0.1, -0.05) is 11.6 Å². The minimum absolute atomic E-state index is 0.152. The third-order valence-corrected chi connectivity index (χ3v) is 7.75. The molecule has 0 spiro atoms. The maximum Gasteiger partial charge on any atom is 0.253 e. The number of hydrogen-bond donors (Lipinski definition) is 0. The van der Waals surface area contributed by atoms with Gasteiger partial charge >= 0.3 is 0 Å². The average molecular weight is 407 g/mol. The van der Waals surface area contributed by atoms with Crippen LogP contribution in [0.3, 0.4) is 0 Å². The number of nitrogens with zero attached hydrogens (tertiary/aromatic N) is 2. The number of carbonyl (C=O) groups is 1. The standard InChI is InChI=1S/C18H15ClN2O3S2/c1-11-20-16-7-2-12(8-17(16)25-11)18(22)21-9-15(10-21)26(23,24)14-5-3-13(19)4-6-14/h2-8,15H,9-10H2,1H3. The highest BCUT2D eigenvalue weighted by molar-refractivity contribution is 7.92.